The van der Waals surface area contributed by atoms with E-state index in [9.17, 15) is 4.79 Å². The molecule has 0 bridgehead atoms. The van der Waals surface area contributed by atoms with Crippen LogP contribution in [0.1, 0.15) is 10.4 Å². The third-order valence-corrected chi connectivity index (χ3v) is 4.04. The standard InChI is InChI=1S/C17H19NO3S/c1-18(16(19)10-9-14-7-5-11-22-14)12-13-6-4-8-15(20-2)17(13)21-3/h4-11H,12H2,1-3H3/b10-9+. The van der Waals surface area contributed by atoms with Gasteiger partial charge in [0.15, 0.2) is 11.5 Å². The van der Waals surface area contributed by atoms with Crippen LogP contribution in [0.4, 0.5) is 0 Å². The van der Waals surface area contributed by atoms with Gasteiger partial charge in [-0.2, -0.15) is 0 Å². The van der Waals surface area contributed by atoms with Crippen molar-refractivity contribution in [2.45, 2.75) is 6.54 Å². The van der Waals surface area contributed by atoms with Gasteiger partial charge in [0.1, 0.15) is 0 Å². The molecule has 0 N–H and O–H groups in total. The molecule has 1 heterocycles. The number of benzene rings is 1. The smallest absolute Gasteiger partial charge is 0.246 e. The summed E-state index contributed by atoms with van der Waals surface area (Å²) in [6.45, 7) is 0.452. The highest BCUT2D eigenvalue weighted by atomic mass is 32.1. The summed E-state index contributed by atoms with van der Waals surface area (Å²) in [5.74, 6) is 1.26. The highest BCUT2D eigenvalue weighted by Crippen LogP contribution is 2.31. The monoisotopic (exact) mass is 317 g/mol. The first-order valence-electron chi connectivity index (χ1n) is 6.82. The van der Waals surface area contributed by atoms with Crippen molar-refractivity contribution in [2.24, 2.45) is 0 Å². The van der Waals surface area contributed by atoms with Gasteiger partial charge in [-0.15, -0.1) is 11.3 Å². The summed E-state index contributed by atoms with van der Waals surface area (Å²) in [6.07, 6.45) is 3.41. The van der Waals surface area contributed by atoms with E-state index in [1.807, 2.05) is 41.8 Å². The van der Waals surface area contributed by atoms with E-state index in [4.69, 9.17) is 9.47 Å². The third kappa shape index (κ3) is 3.89. The number of rotatable bonds is 6. The van der Waals surface area contributed by atoms with Crippen molar-refractivity contribution in [1.29, 1.82) is 0 Å². The molecule has 4 nitrogen and oxygen atoms in total. The quantitative estimate of drug-likeness (QED) is 0.766. The van der Waals surface area contributed by atoms with Crippen molar-refractivity contribution < 1.29 is 14.3 Å². The molecule has 5 heteroatoms. The van der Waals surface area contributed by atoms with E-state index in [2.05, 4.69) is 0 Å². The molecular formula is C17H19NO3S. The molecule has 116 valence electrons. The first-order chi connectivity index (χ1) is 10.7. The van der Waals surface area contributed by atoms with Crippen molar-refractivity contribution in [3.63, 3.8) is 0 Å². The lowest BCUT2D eigenvalue weighted by Gasteiger charge is -2.18. The minimum Gasteiger partial charge on any atom is -0.493 e. The minimum absolute atomic E-state index is 0.0572. The largest absolute Gasteiger partial charge is 0.493 e. The summed E-state index contributed by atoms with van der Waals surface area (Å²) in [6, 6.07) is 9.57. The summed E-state index contributed by atoms with van der Waals surface area (Å²) < 4.78 is 10.7. The fourth-order valence-corrected chi connectivity index (χ4v) is 2.70. The molecule has 0 aliphatic carbocycles. The third-order valence-electron chi connectivity index (χ3n) is 3.20. The number of methoxy groups -OCH3 is 2. The predicted molar refractivity (Wildman–Crippen MR) is 89.4 cm³/mol. The number of amides is 1. The number of likely N-dealkylation sites (N-methyl/N-ethyl adjacent to an activating group) is 1. The molecule has 1 amide bonds. The molecule has 22 heavy (non-hydrogen) atoms. The van der Waals surface area contributed by atoms with E-state index in [0.717, 1.165) is 10.4 Å². The molecule has 0 saturated heterocycles. The number of carbonyl (C=O) groups excluding carboxylic acids is 1. The van der Waals surface area contributed by atoms with Crippen LogP contribution in [0.5, 0.6) is 11.5 Å². The van der Waals surface area contributed by atoms with Gasteiger partial charge in [-0.25, -0.2) is 0 Å². The summed E-state index contributed by atoms with van der Waals surface area (Å²) in [7, 11) is 4.96. The number of nitrogens with zero attached hydrogens (tertiary/aromatic N) is 1. The number of para-hydroxylation sites is 1. The van der Waals surface area contributed by atoms with Crippen LogP contribution < -0.4 is 9.47 Å². The maximum Gasteiger partial charge on any atom is 0.246 e. The maximum atomic E-state index is 12.2. The Morgan fingerprint density at radius 1 is 1.23 bits per heavy atom. The molecule has 2 aromatic rings. The highest BCUT2D eigenvalue weighted by molar-refractivity contribution is 7.10. The molecule has 1 aromatic carbocycles. The Hall–Kier alpha value is -2.27. The zero-order valence-corrected chi connectivity index (χ0v) is 13.7. The molecule has 0 aliphatic heterocycles. The van der Waals surface area contributed by atoms with Crippen LogP contribution in [0.2, 0.25) is 0 Å². The summed E-state index contributed by atoms with van der Waals surface area (Å²) >= 11 is 1.60. The molecule has 0 unspecified atom stereocenters. The molecule has 0 spiro atoms. The van der Waals surface area contributed by atoms with Crippen LogP contribution in [0, 0.1) is 0 Å². The fourth-order valence-electron chi connectivity index (χ4n) is 2.08. The normalized spacial score (nSPS) is 10.7. The van der Waals surface area contributed by atoms with Crippen molar-refractivity contribution in [3.05, 3.63) is 52.2 Å². The number of carbonyl (C=O) groups is 1. The van der Waals surface area contributed by atoms with Gasteiger partial charge in [0.25, 0.3) is 0 Å². The van der Waals surface area contributed by atoms with E-state index < -0.39 is 0 Å². The Bertz CT molecular complexity index is 650. The Labute approximate surface area is 134 Å². The van der Waals surface area contributed by atoms with E-state index in [-0.39, 0.29) is 5.91 Å². The van der Waals surface area contributed by atoms with E-state index >= 15 is 0 Å². The fraction of sp³-hybridized carbons (Fsp3) is 0.235. The molecule has 0 fully saturated rings. The van der Waals surface area contributed by atoms with Gasteiger partial charge >= 0.3 is 0 Å². The second-order valence-electron chi connectivity index (χ2n) is 4.70. The van der Waals surface area contributed by atoms with E-state index in [0.29, 0.717) is 18.0 Å². The molecular weight excluding hydrogens is 298 g/mol. The van der Waals surface area contributed by atoms with Gasteiger partial charge in [-0.3, -0.25) is 4.79 Å². The number of hydrogen-bond acceptors (Lipinski definition) is 4. The maximum absolute atomic E-state index is 12.2. The number of ether oxygens (including phenoxy) is 2. The number of thiophene rings is 1. The summed E-state index contributed by atoms with van der Waals surface area (Å²) in [4.78, 5) is 14.9. The lowest BCUT2D eigenvalue weighted by atomic mass is 10.1. The van der Waals surface area contributed by atoms with Gasteiger partial charge in [0, 0.05) is 30.1 Å². The van der Waals surface area contributed by atoms with E-state index in [1.165, 1.54) is 0 Å². The second kappa shape index (κ2) is 7.66. The van der Waals surface area contributed by atoms with Crippen LogP contribution in [-0.4, -0.2) is 32.1 Å². The SMILES string of the molecule is COc1cccc(CN(C)C(=O)/C=C/c2cccs2)c1OC. The zero-order valence-electron chi connectivity index (χ0n) is 12.9. The first kappa shape index (κ1) is 16.1. The van der Waals surface area contributed by atoms with Crippen molar-refractivity contribution in [3.8, 4) is 11.5 Å². The highest BCUT2D eigenvalue weighted by Gasteiger charge is 2.13. The molecule has 0 aliphatic rings. The molecule has 0 saturated carbocycles. The Morgan fingerprint density at radius 2 is 2.05 bits per heavy atom. The summed E-state index contributed by atoms with van der Waals surface area (Å²) in [5.41, 5.74) is 0.905. The van der Waals surface area contributed by atoms with Gasteiger partial charge in [-0.05, 0) is 23.6 Å². The van der Waals surface area contributed by atoms with Gasteiger partial charge in [0.05, 0.1) is 14.2 Å². The van der Waals surface area contributed by atoms with Crippen LogP contribution in [0.25, 0.3) is 6.08 Å². The van der Waals surface area contributed by atoms with Crippen LogP contribution >= 0.6 is 11.3 Å². The molecule has 2 rings (SSSR count). The van der Waals surface area contributed by atoms with Crippen LogP contribution in [0.15, 0.2) is 41.8 Å². The van der Waals surface area contributed by atoms with Crippen molar-refractivity contribution >= 4 is 23.3 Å². The Morgan fingerprint density at radius 3 is 2.68 bits per heavy atom. The van der Waals surface area contributed by atoms with E-state index in [1.54, 1.807) is 43.6 Å². The van der Waals surface area contributed by atoms with Gasteiger partial charge < -0.3 is 14.4 Å². The van der Waals surface area contributed by atoms with Gasteiger partial charge in [0.2, 0.25) is 5.91 Å². The average Bonchev–Trinajstić information content (AvgIpc) is 3.05. The topological polar surface area (TPSA) is 38.8 Å². The lowest BCUT2D eigenvalue weighted by molar-refractivity contribution is -0.125. The molecule has 0 radical (unpaired) electrons. The predicted octanol–water partition coefficient (Wildman–Crippen LogP) is 3.44. The Balaban J connectivity index is 2.08. The number of hydrogen-bond donors (Lipinski definition) is 0. The van der Waals surface area contributed by atoms with Crippen LogP contribution in [-0.2, 0) is 11.3 Å². The second-order valence-corrected chi connectivity index (χ2v) is 5.67. The minimum atomic E-state index is -0.0572. The Kier molecular flexibility index (Phi) is 5.61. The molecule has 1 aromatic heterocycles. The summed E-state index contributed by atoms with van der Waals surface area (Å²) in [5, 5.41) is 1.98. The lowest BCUT2D eigenvalue weighted by Crippen LogP contribution is -2.24. The molecule has 0 atom stereocenters. The first-order valence-corrected chi connectivity index (χ1v) is 7.70. The van der Waals surface area contributed by atoms with Crippen molar-refractivity contribution in [2.75, 3.05) is 21.3 Å². The average molecular weight is 317 g/mol. The van der Waals surface area contributed by atoms with Crippen molar-refractivity contribution in [1.82, 2.24) is 4.90 Å². The van der Waals surface area contributed by atoms with Crippen LogP contribution in [0.3, 0.4) is 0 Å². The van der Waals surface area contributed by atoms with Gasteiger partial charge in [-0.1, -0.05) is 18.2 Å². The zero-order chi connectivity index (χ0) is 15.9.